The maximum Gasteiger partial charge on any atom is 0.324 e. The molecule has 0 saturated carbocycles. The topological polar surface area (TPSA) is 78.5 Å². The molecule has 0 aliphatic rings. The maximum atomic E-state index is 13.5. The van der Waals surface area contributed by atoms with Gasteiger partial charge in [0.15, 0.2) is 5.16 Å². The van der Waals surface area contributed by atoms with Crippen molar-refractivity contribution in [3.05, 3.63) is 100 Å². The van der Waals surface area contributed by atoms with Gasteiger partial charge in [0.2, 0.25) is 5.78 Å². The second-order valence-electron chi connectivity index (χ2n) is 7.77. The van der Waals surface area contributed by atoms with Crippen LogP contribution in [-0.2, 0) is 9.53 Å². The molecule has 3 aromatic carbocycles. The van der Waals surface area contributed by atoms with E-state index in [4.69, 9.17) is 4.74 Å². The third-order valence-corrected chi connectivity index (χ3v) is 6.69. The van der Waals surface area contributed by atoms with Gasteiger partial charge >= 0.3 is 5.97 Å². The molecular formula is C26H22N4O3S. The molecule has 0 bridgehead atoms. The Balaban J connectivity index is 1.74. The first-order valence-corrected chi connectivity index (χ1v) is 11.8. The molecular weight excluding hydrogens is 448 g/mol. The molecule has 2 aromatic heterocycles. The first-order chi connectivity index (χ1) is 16.6. The number of hydrogen-bond donors (Lipinski definition) is 0. The van der Waals surface area contributed by atoms with Gasteiger partial charge in [-0.05, 0) is 43.7 Å². The second-order valence-corrected chi connectivity index (χ2v) is 8.84. The molecule has 0 saturated heterocycles. The fourth-order valence-electron chi connectivity index (χ4n) is 3.88. The van der Waals surface area contributed by atoms with Crippen molar-refractivity contribution in [2.24, 2.45) is 0 Å². The van der Waals surface area contributed by atoms with Crippen LogP contribution in [0.5, 0.6) is 0 Å². The summed E-state index contributed by atoms with van der Waals surface area (Å²) in [5, 5.41) is 9.18. The SMILES string of the molecule is CCOC(=O)C(Sc1nnc2n(-c3ccc(C)cc3)c(=O)c3ccccc3n12)c1ccccc1. The zero-order valence-corrected chi connectivity index (χ0v) is 19.5. The predicted octanol–water partition coefficient (Wildman–Crippen LogP) is 4.74. The third kappa shape index (κ3) is 3.86. The molecule has 0 radical (unpaired) electrons. The lowest BCUT2D eigenvalue weighted by Gasteiger charge is -2.16. The number of aromatic nitrogens is 4. The molecule has 0 aliphatic heterocycles. The van der Waals surface area contributed by atoms with E-state index in [-0.39, 0.29) is 18.1 Å². The van der Waals surface area contributed by atoms with Crippen molar-refractivity contribution >= 4 is 34.4 Å². The highest BCUT2D eigenvalue weighted by Crippen LogP contribution is 2.36. The van der Waals surface area contributed by atoms with Crippen LogP contribution in [0, 0.1) is 6.92 Å². The molecule has 0 spiro atoms. The molecule has 1 atom stereocenters. The van der Waals surface area contributed by atoms with Gasteiger partial charge in [-0.3, -0.25) is 14.0 Å². The van der Waals surface area contributed by atoms with Gasteiger partial charge in [-0.15, -0.1) is 10.2 Å². The minimum absolute atomic E-state index is 0.180. The number of benzene rings is 3. The monoisotopic (exact) mass is 470 g/mol. The molecule has 0 fully saturated rings. The Morgan fingerprint density at radius 1 is 0.971 bits per heavy atom. The lowest BCUT2D eigenvalue weighted by atomic mass is 10.1. The van der Waals surface area contributed by atoms with E-state index in [0.717, 1.165) is 11.1 Å². The normalized spacial score (nSPS) is 12.2. The number of hydrogen-bond acceptors (Lipinski definition) is 6. The van der Waals surface area contributed by atoms with E-state index in [1.165, 1.54) is 11.8 Å². The standard InChI is InChI=1S/C26H22N4O3S/c1-3-33-24(32)22(18-9-5-4-6-10-18)34-26-28-27-25-29(19-15-13-17(2)14-16-19)23(31)20-11-7-8-12-21(20)30(25)26/h4-16,22H,3H2,1-2H3. The van der Waals surface area contributed by atoms with Gasteiger partial charge in [-0.2, -0.15) is 0 Å². The van der Waals surface area contributed by atoms with E-state index >= 15 is 0 Å². The molecule has 2 heterocycles. The Bertz CT molecular complexity index is 1540. The quantitative estimate of drug-likeness (QED) is 0.264. The number of thioether (sulfide) groups is 1. The van der Waals surface area contributed by atoms with Crippen LogP contribution in [0.2, 0.25) is 0 Å². The number of carbonyl (C=O) groups is 1. The van der Waals surface area contributed by atoms with E-state index in [9.17, 15) is 9.59 Å². The summed E-state index contributed by atoms with van der Waals surface area (Å²) in [4.78, 5) is 26.4. The zero-order valence-electron chi connectivity index (χ0n) is 18.7. The predicted molar refractivity (Wildman–Crippen MR) is 132 cm³/mol. The van der Waals surface area contributed by atoms with Crippen LogP contribution in [0.3, 0.4) is 0 Å². The highest BCUT2D eigenvalue weighted by atomic mass is 32.2. The summed E-state index contributed by atoms with van der Waals surface area (Å²) in [6, 6.07) is 24.5. The van der Waals surface area contributed by atoms with Gasteiger partial charge in [0.1, 0.15) is 5.25 Å². The Kier molecular flexibility index (Phi) is 5.90. The number of carbonyl (C=O) groups excluding carboxylic acids is 1. The molecule has 0 aliphatic carbocycles. The van der Waals surface area contributed by atoms with Crippen molar-refractivity contribution < 1.29 is 9.53 Å². The number of ether oxygens (including phenoxy) is 1. The molecule has 5 rings (SSSR count). The molecule has 7 nitrogen and oxygen atoms in total. The van der Waals surface area contributed by atoms with Gasteiger partial charge in [-0.1, -0.05) is 71.9 Å². The largest absolute Gasteiger partial charge is 0.465 e. The average Bonchev–Trinajstić information content (AvgIpc) is 3.28. The molecule has 0 N–H and O–H groups in total. The number of rotatable bonds is 6. The van der Waals surface area contributed by atoms with E-state index in [2.05, 4.69) is 10.2 Å². The number of fused-ring (bicyclic) bond motifs is 3. The maximum absolute atomic E-state index is 13.5. The van der Waals surface area contributed by atoms with Crippen molar-refractivity contribution in [2.45, 2.75) is 24.3 Å². The Morgan fingerprint density at radius 2 is 1.68 bits per heavy atom. The Hall–Kier alpha value is -3.91. The van der Waals surface area contributed by atoms with E-state index in [0.29, 0.717) is 27.5 Å². The summed E-state index contributed by atoms with van der Waals surface area (Å²) in [7, 11) is 0. The zero-order chi connectivity index (χ0) is 23.7. The summed E-state index contributed by atoms with van der Waals surface area (Å²) < 4.78 is 8.74. The van der Waals surface area contributed by atoms with Crippen molar-refractivity contribution in [2.75, 3.05) is 6.61 Å². The molecule has 1 unspecified atom stereocenters. The fraction of sp³-hybridized carbons (Fsp3) is 0.154. The van der Waals surface area contributed by atoms with Crippen molar-refractivity contribution in [3.63, 3.8) is 0 Å². The van der Waals surface area contributed by atoms with Crippen LogP contribution in [0.1, 0.15) is 23.3 Å². The van der Waals surface area contributed by atoms with E-state index < -0.39 is 5.25 Å². The number of aryl methyl sites for hydroxylation is 1. The minimum Gasteiger partial charge on any atom is -0.465 e. The number of para-hydroxylation sites is 1. The van der Waals surface area contributed by atoms with E-state index in [1.54, 1.807) is 17.6 Å². The molecule has 5 aromatic rings. The Morgan fingerprint density at radius 3 is 2.41 bits per heavy atom. The summed E-state index contributed by atoms with van der Waals surface area (Å²) in [5.74, 6) is 0.0253. The summed E-state index contributed by atoms with van der Waals surface area (Å²) in [5.41, 5.74) is 3.08. The molecule has 0 amide bonds. The van der Waals surface area contributed by atoms with Gasteiger partial charge < -0.3 is 4.74 Å². The van der Waals surface area contributed by atoms with Crippen LogP contribution < -0.4 is 5.56 Å². The summed E-state index contributed by atoms with van der Waals surface area (Å²) in [6.07, 6.45) is 0. The van der Waals surface area contributed by atoms with Crippen LogP contribution in [0.25, 0.3) is 22.4 Å². The van der Waals surface area contributed by atoms with Crippen molar-refractivity contribution in [3.8, 4) is 5.69 Å². The highest BCUT2D eigenvalue weighted by Gasteiger charge is 2.27. The molecule has 8 heteroatoms. The van der Waals surface area contributed by atoms with Crippen molar-refractivity contribution in [1.82, 2.24) is 19.2 Å². The average molecular weight is 471 g/mol. The number of nitrogens with zero attached hydrogens (tertiary/aromatic N) is 4. The first-order valence-electron chi connectivity index (χ1n) is 10.9. The molecule has 170 valence electrons. The minimum atomic E-state index is -0.632. The van der Waals surface area contributed by atoms with Crippen molar-refractivity contribution in [1.29, 1.82) is 0 Å². The first kappa shape index (κ1) is 21.9. The van der Waals surface area contributed by atoms with Gasteiger partial charge in [-0.25, -0.2) is 4.57 Å². The summed E-state index contributed by atoms with van der Waals surface area (Å²) in [6.45, 7) is 4.05. The van der Waals surface area contributed by atoms with Gasteiger partial charge in [0.05, 0.1) is 23.2 Å². The third-order valence-electron chi connectivity index (χ3n) is 5.51. The Labute approximate surface area is 200 Å². The van der Waals surface area contributed by atoms with Crippen LogP contribution in [0.15, 0.2) is 88.8 Å². The molecule has 34 heavy (non-hydrogen) atoms. The smallest absolute Gasteiger partial charge is 0.324 e. The van der Waals surface area contributed by atoms with E-state index in [1.807, 2.05) is 84.1 Å². The lowest BCUT2D eigenvalue weighted by molar-refractivity contribution is -0.142. The van der Waals surface area contributed by atoms with Crippen LogP contribution in [-0.4, -0.2) is 31.7 Å². The van der Waals surface area contributed by atoms with Crippen LogP contribution >= 0.6 is 11.8 Å². The van der Waals surface area contributed by atoms with Crippen LogP contribution in [0.4, 0.5) is 0 Å². The van der Waals surface area contributed by atoms with Gasteiger partial charge in [0.25, 0.3) is 5.56 Å². The van der Waals surface area contributed by atoms with Gasteiger partial charge in [0, 0.05) is 0 Å². The fourth-order valence-corrected chi connectivity index (χ4v) is 4.93. The summed E-state index contributed by atoms with van der Waals surface area (Å²) >= 11 is 1.25. The number of esters is 1. The second kappa shape index (κ2) is 9.15. The highest BCUT2D eigenvalue weighted by molar-refractivity contribution is 8.00. The lowest BCUT2D eigenvalue weighted by Crippen LogP contribution is -2.22.